The van der Waals surface area contributed by atoms with E-state index in [4.69, 9.17) is 4.98 Å². The Kier molecular flexibility index (Phi) is 4.75. The van der Waals surface area contributed by atoms with E-state index in [1.165, 1.54) is 0 Å². The summed E-state index contributed by atoms with van der Waals surface area (Å²) in [4.78, 5) is 23.0. The number of hydrogen-bond acceptors (Lipinski definition) is 5. The van der Waals surface area contributed by atoms with Gasteiger partial charge in [0.25, 0.3) is 5.91 Å². The number of carbonyl (C=O) groups excluding carboxylic acids is 1. The Labute approximate surface area is 176 Å². The van der Waals surface area contributed by atoms with Crippen LogP contribution in [0.5, 0.6) is 0 Å². The molecule has 1 amide bonds. The zero-order valence-electron chi connectivity index (χ0n) is 15.8. The van der Waals surface area contributed by atoms with E-state index in [0.717, 1.165) is 37.9 Å². The fraction of sp³-hybridized carbons (Fsp3) is 0. The molecule has 0 aliphatic carbocycles. The van der Waals surface area contributed by atoms with Gasteiger partial charge in [-0.15, -0.1) is 11.3 Å². The summed E-state index contributed by atoms with van der Waals surface area (Å²) in [5.41, 5.74) is 6.55. The molecule has 30 heavy (non-hydrogen) atoms. The molecule has 3 heterocycles. The van der Waals surface area contributed by atoms with Crippen molar-refractivity contribution in [3.63, 3.8) is 0 Å². The number of pyridine rings is 2. The molecule has 0 radical (unpaired) electrons. The van der Waals surface area contributed by atoms with Crippen LogP contribution in [0.2, 0.25) is 0 Å². The van der Waals surface area contributed by atoms with Crippen molar-refractivity contribution in [2.24, 2.45) is 5.10 Å². The summed E-state index contributed by atoms with van der Waals surface area (Å²) in [6.45, 7) is 0. The SMILES string of the molecule is O=C(N/N=C\c1ccc2ncccc2c1)c1cc(-c2cccs2)nc2ccccc12. The summed E-state index contributed by atoms with van der Waals surface area (Å²) in [7, 11) is 0. The first-order chi connectivity index (χ1) is 14.8. The minimum absolute atomic E-state index is 0.273. The lowest BCUT2D eigenvalue weighted by Crippen LogP contribution is -2.18. The number of nitrogens with one attached hydrogen (secondary N) is 1. The number of benzene rings is 2. The molecule has 0 aliphatic rings. The van der Waals surface area contributed by atoms with Crippen molar-refractivity contribution in [3.05, 3.63) is 95.5 Å². The molecule has 0 spiro atoms. The van der Waals surface area contributed by atoms with Crippen molar-refractivity contribution >= 4 is 45.3 Å². The van der Waals surface area contributed by atoms with E-state index in [1.54, 1.807) is 23.7 Å². The highest BCUT2D eigenvalue weighted by molar-refractivity contribution is 7.13. The topological polar surface area (TPSA) is 67.2 Å². The van der Waals surface area contributed by atoms with Crippen molar-refractivity contribution in [1.29, 1.82) is 0 Å². The molecule has 6 heteroatoms. The maximum absolute atomic E-state index is 12.9. The number of carbonyl (C=O) groups is 1. The molecule has 144 valence electrons. The molecule has 0 saturated carbocycles. The van der Waals surface area contributed by atoms with E-state index in [0.29, 0.717) is 5.56 Å². The number of hydrogen-bond donors (Lipinski definition) is 1. The van der Waals surface area contributed by atoms with Gasteiger partial charge in [0.15, 0.2) is 0 Å². The highest BCUT2D eigenvalue weighted by Gasteiger charge is 2.13. The summed E-state index contributed by atoms with van der Waals surface area (Å²) in [6, 6.07) is 23.1. The molecule has 0 fully saturated rings. The van der Waals surface area contributed by atoms with Crippen LogP contribution in [0.1, 0.15) is 15.9 Å². The largest absolute Gasteiger partial charge is 0.272 e. The van der Waals surface area contributed by atoms with Crippen LogP contribution in [0.3, 0.4) is 0 Å². The number of thiophene rings is 1. The predicted molar refractivity (Wildman–Crippen MR) is 122 cm³/mol. The van der Waals surface area contributed by atoms with E-state index in [2.05, 4.69) is 15.5 Å². The van der Waals surface area contributed by atoms with E-state index in [-0.39, 0.29) is 5.91 Å². The van der Waals surface area contributed by atoms with Gasteiger partial charge in [-0.05, 0) is 47.3 Å². The molecule has 5 nitrogen and oxygen atoms in total. The number of aromatic nitrogens is 2. The molecule has 3 aromatic heterocycles. The van der Waals surface area contributed by atoms with Gasteiger partial charge in [0.1, 0.15) is 0 Å². The molecule has 5 aromatic rings. The Morgan fingerprint density at radius 1 is 0.967 bits per heavy atom. The highest BCUT2D eigenvalue weighted by atomic mass is 32.1. The summed E-state index contributed by atoms with van der Waals surface area (Å²) >= 11 is 1.59. The zero-order valence-corrected chi connectivity index (χ0v) is 16.6. The molecular formula is C24H16N4OS. The Balaban J connectivity index is 1.44. The third kappa shape index (κ3) is 3.56. The Morgan fingerprint density at radius 2 is 1.90 bits per heavy atom. The monoisotopic (exact) mass is 408 g/mol. The van der Waals surface area contributed by atoms with Crippen LogP contribution in [0, 0.1) is 0 Å². The normalized spacial score (nSPS) is 11.3. The van der Waals surface area contributed by atoms with Crippen LogP contribution in [-0.4, -0.2) is 22.1 Å². The number of rotatable bonds is 4. The van der Waals surface area contributed by atoms with Crippen molar-refractivity contribution in [2.45, 2.75) is 0 Å². The Hall–Kier alpha value is -3.90. The standard InChI is InChI=1S/C24H16N4OS/c29-24(28-26-15-16-9-10-20-17(13-16)5-3-11-25-20)19-14-22(23-8-4-12-30-23)27-21-7-2-1-6-18(19)21/h1-15H,(H,28,29)/b26-15-. The van der Waals surface area contributed by atoms with Crippen LogP contribution in [0.4, 0.5) is 0 Å². The lowest BCUT2D eigenvalue weighted by molar-refractivity contribution is 0.0956. The second-order valence-corrected chi connectivity index (χ2v) is 7.65. The maximum atomic E-state index is 12.9. The molecule has 1 N–H and O–H groups in total. The van der Waals surface area contributed by atoms with Gasteiger partial charge in [0, 0.05) is 17.0 Å². The van der Waals surface area contributed by atoms with Crippen LogP contribution < -0.4 is 5.43 Å². The Morgan fingerprint density at radius 3 is 2.80 bits per heavy atom. The van der Waals surface area contributed by atoms with Gasteiger partial charge >= 0.3 is 0 Å². The molecule has 0 aliphatic heterocycles. The number of fused-ring (bicyclic) bond motifs is 2. The highest BCUT2D eigenvalue weighted by Crippen LogP contribution is 2.27. The van der Waals surface area contributed by atoms with Gasteiger partial charge in [0.05, 0.1) is 33.4 Å². The summed E-state index contributed by atoms with van der Waals surface area (Å²) in [5, 5.41) is 7.97. The molecule has 2 aromatic carbocycles. The summed E-state index contributed by atoms with van der Waals surface area (Å²) < 4.78 is 0. The van der Waals surface area contributed by atoms with Crippen molar-refractivity contribution in [1.82, 2.24) is 15.4 Å². The number of nitrogens with zero attached hydrogens (tertiary/aromatic N) is 3. The molecule has 0 atom stereocenters. The predicted octanol–water partition coefficient (Wildman–Crippen LogP) is 5.28. The number of para-hydroxylation sites is 1. The van der Waals surface area contributed by atoms with Gasteiger partial charge in [-0.1, -0.05) is 36.4 Å². The van der Waals surface area contributed by atoms with Crippen LogP contribution in [-0.2, 0) is 0 Å². The first-order valence-electron chi connectivity index (χ1n) is 9.40. The second kappa shape index (κ2) is 7.85. The molecule has 0 bridgehead atoms. The van der Waals surface area contributed by atoms with E-state index >= 15 is 0 Å². The van der Waals surface area contributed by atoms with Gasteiger partial charge < -0.3 is 0 Å². The van der Waals surface area contributed by atoms with E-state index < -0.39 is 0 Å². The van der Waals surface area contributed by atoms with Crippen molar-refractivity contribution in [2.75, 3.05) is 0 Å². The average molecular weight is 408 g/mol. The molecule has 0 unspecified atom stereocenters. The van der Waals surface area contributed by atoms with Gasteiger partial charge in [0.2, 0.25) is 0 Å². The van der Waals surface area contributed by atoms with Crippen LogP contribution >= 0.6 is 11.3 Å². The quantitative estimate of drug-likeness (QED) is 0.325. The molecule has 0 saturated heterocycles. The third-order valence-electron chi connectivity index (χ3n) is 4.74. The third-order valence-corrected chi connectivity index (χ3v) is 5.63. The van der Waals surface area contributed by atoms with Gasteiger partial charge in [-0.25, -0.2) is 10.4 Å². The molecular weight excluding hydrogens is 392 g/mol. The minimum atomic E-state index is -0.273. The number of amides is 1. The van der Waals surface area contributed by atoms with Crippen molar-refractivity contribution < 1.29 is 4.79 Å². The number of hydrazone groups is 1. The first kappa shape index (κ1) is 18.1. The van der Waals surface area contributed by atoms with Gasteiger partial charge in [-0.2, -0.15) is 5.10 Å². The molecule has 5 rings (SSSR count). The fourth-order valence-electron chi connectivity index (χ4n) is 3.31. The lowest BCUT2D eigenvalue weighted by Gasteiger charge is -2.08. The second-order valence-electron chi connectivity index (χ2n) is 6.70. The summed E-state index contributed by atoms with van der Waals surface area (Å²) in [5.74, 6) is -0.273. The van der Waals surface area contributed by atoms with Crippen LogP contribution in [0.25, 0.3) is 32.4 Å². The van der Waals surface area contributed by atoms with Crippen molar-refractivity contribution in [3.8, 4) is 10.6 Å². The Bertz CT molecular complexity index is 1390. The average Bonchev–Trinajstić information content (AvgIpc) is 3.33. The smallest absolute Gasteiger partial charge is 0.267 e. The van der Waals surface area contributed by atoms with E-state index in [9.17, 15) is 4.79 Å². The first-order valence-corrected chi connectivity index (χ1v) is 10.3. The van der Waals surface area contributed by atoms with Crippen LogP contribution in [0.15, 0.2) is 89.5 Å². The minimum Gasteiger partial charge on any atom is -0.267 e. The maximum Gasteiger partial charge on any atom is 0.272 e. The fourth-order valence-corrected chi connectivity index (χ4v) is 4.00. The zero-order chi connectivity index (χ0) is 20.3. The lowest BCUT2D eigenvalue weighted by atomic mass is 10.1. The van der Waals surface area contributed by atoms with E-state index in [1.807, 2.05) is 78.2 Å². The van der Waals surface area contributed by atoms with Gasteiger partial charge in [-0.3, -0.25) is 9.78 Å². The summed E-state index contributed by atoms with van der Waals surface area (Å²) in [6.07, 6.45) is 3.40.